The van der Waals surface area contributed by atoms with E-state index >= 15 is 0 Å². The van der Waals surface area contributed by atoms with E-state index in [1.807, 2.05) is 0 Å². The van der Waals surface area contributed by atoms with E-state index in [2.05, 4.69) is 0 Å². The Kier molecular flexibility index (Phi) is 0.797. The molecular formula is C9H15N. The van der Waals surface area contributed by atoms with Gasteiger partial charge in [-0.1, -0.05) is 6.42 Å². The third-order valence-corrected chi connectivity index (χ3v) is 4.48. The third kappa shape index (κ3) is 0.355. The van der Waals surface area contributed by atoms with Crippen molar-refractivity contribution in [2.45, 2.75) is 38.1 Å². The van der Waals surface area contributed by atoms with Gasteiger partial charge >= 0.3 is 0 Å². The molecular weight excluding hydrogens is 122 g/mol. The van der Waals surface area contributed by atoms with Crippen LogP contribution in [0.5, 0.6) is 0 Å². The first-order valence-electron chi connectivity index (χ1n) is 4.60. The fraction of sp³-hybridized carbons (Fsp3) is 1.00. The molecule has 0 bridgehead atoms. The lowest BCUT2D eigenvalue weighted by Gasteiger charge is -2.65. The Hall–Kier alpha value is -0.0400. The minimum absolute atomic E-state index is 0.608. The van der Waals surface area contributed by atoms with Crippen LogP contribution in [0.15, 0.2) is 0 Å². The zero-order chi connectivity index (χ0) is 6.77. The summed E-state index contributed by atoms with van der Waals surface area (Å²) >= 11 is 0. The topological polar surface area (TPSA) is 26.0 Å². The van der Waals surface area contributed by atoms with Crippen molar-refractivity contribution in [3.8, 4) is 0 Å². The van der Waals surface area contributed by atoms with Crippen LogP contribution >= 0.6 is 0 Å². The average molecular weight is 137 g/mol. The molecule has 3 aliphatic rings. The maximum Gasteiger partial charge on any atom is 0.0106 e. The van der Waals surface area contributed by atoms with Gasteiger partial charge in [-0.25, -0.2) is 0 Å². The van der Waals surface area contributed by atoms with Crippen LogP contribution in [-0.4, -0.2) is 6.04 Å². The third-order valence-electron chi connectivity index (χ3n) is 4.48. The first kappa shape index (κ1) is 5.59. The summed E-state index contributed by atoms with van der Waals surface area (Å²) in [5.41, 5.74) is 6.86. The van der Waals surface area contributed by atoms with Crippen molar-refractivity contribution in [1.29, 1.82) is 0 Å². The van der Waals surface area contributed by atoms with E-state index in [9.17, 15) is 0 Å². The van der Waals surface area contributed by atoms with Crippen molar-refractivity contribution in [2.24, 2.45) is 23.0 Å². The summed E-state index contributed by atoms with van der Waals surface area (Å²) in [6.45, 7) is 0. The molecule has 10 heavy (non-hydrogen) atoms. The molecule has 0 amide bonds. The molecule has 0 aliphatic heterocycles. The average Bonchev–Trinajstić information content (AvgIpc) is 2.27. The fourth-order valence-corrected chi connectivity index (χ4v) is 3.89. The van der Waals surface area contributed by atoms with Crippen LogP contribution in [-0.2, 0) is 0 Å². The summed E-state index contributed by atoms with van der Waals surface area (Å²) in [5.74, 6) is 1.91. The van der Waals surface area contributed by atoms with Gasteiger partial charge in [0.05, 0.1) is 0 Å². The molecule has 1 heteroatoms. The molecule has 0 aromatic rings. The van der Waals surface area contributed by atoms with Crippen molar-refractivity contribution in [3.05, 3.63) is 0 Å². The van der Waals surface area contributed by atoms with E-state index in [-0.39, 0.29) is 0 Å². The first-order chi connectivity index (χ1) is 4.84. The van der Waals surface area contributed by atoms with Crippen molar-refractivity contribution in [3.63, 3.8) is 0 Å². The van der Waals surface area contributed by atoms with Gasteiger partial charge in [-0.05, 0) is 42.9 Å². The molecule has 0 aromatic heterocycles. The number of nitrogens with two attached hydrogens (primary N) is 1. The van der Waals surface area contributed by atoms with Crippen LogP contribution in [0, 0.1) is 17.3 Å². The lowest BCUT2D eigenvalue weighted by atomic mass is 9.41. The molecule has 3 fully saturated rings. The molecule has 3 aliphatic carbocycles. The molecule has 0 radical (unpaired) electrons. The van der Waals surface area contributed by atoms with Gasteiger partial charge in [-0.2, -0.15) is 0 Å². The number of rotatable bonds is 0. The molecule has 0 saturated heterocycles. The quantitative estimate of drug-likeness (QED) is 0.538. The van der Waals surface area contributed by atoms with Crippen LogP contribution in [0.25, 0.3) is 0 Å². The first-order valence-corrected chi connectivity index (χ1v) is 4.60. The van der Waals surface area contributed by atoms with Crippen LogP contribution in [0.3, 0.4) is 0 Å². The Morgan fingerprint density at radius 2 is 1.90 bits per heavy atom. The largest absolute Gasteiger partial charge is 0.327 e. The van der Waals surface area contributed by atoms with Gasteiger partial charge in [0.15, 0.2) is 0 Å². The van der Waals surface area contributed by atoms with Gasteiger partial charge in [0, 0.05) is 6.04 Å². The van der Waals surface area contributed by atoms with Crippen LogP contribution in [0.4, 0.5) is 0 Å². The second-order valence-corrected chi connectivity index (χ2v) is 4.45. The molecule has 1 spiro atoms. The van der Waals surface area contributed by atoms with Crippen molar-refractivity contribution in [2.75, 3.05) is 0 Å². The Labute approximate surface area is 62.0 Å². The maximum atomic E-state index is 6.04. The molecule has 0 heterocycles. The standard InChI is InChI=1S/C9H15N/c10-8-6-2-1-4-9(6)5-3-7(8)9/h6-8H,1-5,10H2. The molecule has 3 rings (SSSR count). The van der Waals surface area contributed by atoms with Crippen molar-refractivity contribution >= 4 is 0 Å². The van der Waals surface area contributed by atoms with E-state index in [0.717, 1.165) is 17.3 Å². The Morgan fingerprint density at radius 1 is 1.10 bits per heavy atom. The maximum absolute atomic E-state index is 6.04. The van der Waals surface area contributed by atoms with Gasteiger partial charge in [0.25, 0.3) is 0 Å². The number of hydrogen-bond acceptors (Lipinski definition) is 1. The van der Waals surface area contributed by atoms with Crippen LogP contribution < -0.4 is 5.73 Å². The zero-order valence-electron chi connectivity index (χ0n) is 6.34. The van der Waals surface area contributed by atoms with Gasteiger partial charge < -0.3 is 5.73 Å². The summed E-state index contributed by atoms with van der Waals surface area (Å²) in [6.07, 6.45) is 7.37. The Balaban J connectivity index is 1.94. The molecule has 1 nitrogen and oxygen atoms in total. The summed E-state index contributed by atoms with van der Waals surface area (Å²) < 4.78 is 0. The fourth-order valence-electron chi connectivity index (χ4n) is 3.89. The zero-order valence-corrected chi connectivity index (χ0v) is 6.34. The van der Waals surface area contributed by atoms with Crippen molar-refractivity contribution in [1.82, 2.24) is 0 Å². The highest BCUT2D eigenvalue weighted by Crippen LogP contribution is 2.70. The summed E-state index contributed by atoms with van der Waals surface area (Å²) in [5, 5.41) is 0. The summed E-state index contributed by atoms with van der Waals surface area (Å²) in [6, 6.07) is 0.608. The minimum atomic E-state index is 0.608. The van der Waals surface area contributed by atoms with E-state index in [1.165, 1.54) is 32.1 Å². The molecule has 4 atom stereocenters. The van der Waals surface area contributed by atoms with Gasteiger partial charge in [-0.15, -0.1) is 0 Å². The molecule has 4 unspecified atom stereocenters. The van der Waals surface area contributed by atoms with E-state index < -0.39 is 0 Å². The molecule has 2 N–H and O–H groups in total. The van der Waals surface area contributed by atoms with Gasteiger partial charge in [-0.3, -0.25) is 0 Å². The monoisotopic (exact) mass is 137 g/mol. The highest BCUT2D eigenvalue weighted by Gasteiger charge is 2.66. The van der Waals surface area contributed by atoms with Gasteiger partial charge in [0.1, 0.15) is 0 Å². The van der Waals surface area contributed by atoms with Crippen molar-refractivity contribution < 1.29 is 0 Å². The highest BCUT2D eigenvalue weighted by molar-refractivity contribution is 5.18. The normalized spacial score (nSPS) is 63.9. The summed E-state index contributed by atoms with van der Waals surface area (Å²) in [7, 11) is 0. The highest BCUT2D eigenvalue weighted by atomic mass is 14.8. The molecule has 0 aromatic carbocycles. The number of hydrogen-bond donors (Lipinski definition) is 1. The van der Waals surface area contributed by atoms with Crippen LogP contribution in [0.1, 0.15) is 32.1 Å². The SMILES string of the molecule is NC1C2CCCC23CCC13. The lowest BCUT2D eigenvalue weighted by molar-refractivity contribution is -0.140. The smallest absolute Gasteiger partial charge is 0.0106 e. The Bertz CT molecular complexity index is 178. The minimum Gasteiger partial charge on any atom is -0.327 e. The lowest BCUT2D eigenvalue weighted by Crippen LogP contribution is -2.67. The predicted octanol–water partition coefficient (Wildman–Crippen LogP) is 1.52. The predicted molar refractivity (Wildman–Crippen MR) is 40.5 cm³/mol. The van der Waals surface area contributed by atoms with Crippen LogP contribution in [0.2, 0.25) is 0 Å². The second kappa shape index (κ2) is 1.42. The summed E-state index contributed by atoms with van der Waals surface area (Å²) in [4.78, 5) is 0. The molecule has 56 valence electrons. The van der Waals surface area contributed by atoms with Gasteiger partial charge in [0.2, 0.25) is 0 Å². The Morgan fingerprint density at radius 3 is 2.50 bits per heavy atom. The van der Waals surface area contributed by atoms with E-state index in [0.29, 0.717) is 6.04 Å². The second-order valence-electron chi connectivity index (χ2n) is 4.45. The van der Waals surface area contributed by atoms with E-state index in [1.54, 1.807) is 0 Å². The van der Waals surface area contributed by atoms with E-state index in [4.69, 9.17) is 5.73 Å². The molecule has 3 saturated carbocycles.